The van der Waals surface area contributed by atoms with Crippen molar-refractivity contribution >= 4 is 21.6 Å². The Balaban J connectivity index is 1.42. The van der Waals surface area contributed by atoms with Gasteiger partial charge in [0.15, 0.2) is 0 Å². The van der Waals surface area contributed by atoms with Gasteiger partial charge in [0, 0.05) is 18.8 Å². The number of piperidine rings is 1. The molecular formula is C20H22N2O4S. The molecule has 1 saturated heterocycles. The monoisotopic (exact) mass is 386 g/mol. The Morgan fingerprint density at radius 1 is 1.07 bits per heavy atom. The van der Waals surface area contributed by atoms with Crippen LogP contribution < -0.4 is 10.1 Å². The standard InChI is InChI=1S/C20H22N2O4S/c1-14-2-4-16(5-3-14)26-17-8-10-22(11-9-17)27(24,25)18-6-7-19-15(12-18)13-20(23)21-19/h2-7,12,17H,8-11,13H2,1H3,(H,21,23). The molecule has 1 N–H and O–H groups in total. The maximum atomic E-state index is 13.0. The van der Waals surface area contributed by atoms with Crippen molar-refractivity contribution < 1.29 is 17.9 Å². The molecule has 2 heterocycles. The van der Waals surface area contributed by atoms with E-state index in [1.807, 2.05) is 31.2 Å². The van der Waals surface area contributed by atoms with Gasteiger partial charge in [-0.3, -0.25) is 4.79 Å². The van der Waals surface area contributed by atoms with Gasteiger partial charge in [0.05, 0.1) is 11.3 Å². The van der Waals surface area contributed by atoms with Crippen molar-refractivity contribution in [1.82, 2.24) is 4.31 Å². The van der Waals surface area contributed by atoms with Gasteiger partial charge in [-0.2, -0.15) is 4.31 Å². The summed E-state index contributed by atoms with van der Waals surface area (Å²) in [6, 6.07) is 12.7. The van der Waals surface area contributed by atoms with Crippen LogP contribution in [0.2, 0.25) is 0 Å². The second-order valence-corrected chi connectivity index (χ2v) is 9.02. The van der Waals surface area contributed by atoms with E-state index in [-0.39, 0.29) is 23.3 Å². The van der Waals surface area contributed by atoms with Crippen LogP contribution in [0, 0.1) is 6.92 Å². The van der Waals surface area contributed by atoms with Crippen molar-refractivity contribution in [2.75, 3.05) is 18.4 Å². The molecule has 0 saturated carbocycles. The molecule has 1 amide bonds. The number of fused-ring (bicyclic) bond motifs is 1. The first-order chi connectivity index (χ1) is 12.9. The summed E-state index contributed by atoms with van der Waals surface area (Å²) in [4.78, 5) is 11.7. The van der Waals surface area contributed by atoms with E-state index < -0.39 is 10.0 Å². The number of ether oxygens (including phenoxy) is 1. The second-order valence-electron chi connectivity index (χ2n) is 7.08. The molecule has 0 aromatic heterocycles. The number of anilines is 1. The normalized spacial score (nSPS) is 18.2. The first-order valence-electron chi connectivity index (χ1n) is 9.08. The number of benzene rings is 2. The molecule has 0 unspecified atom stereocenters. The van der Waals surface area contributed by atoms with E-state index >= 15 is 0 Å². The lowest BCUT2D eigenvalue weighted by molar-refractivity contribution is -0.115. The molecule has 2 aromatic rings. The van der Waals surface area contributed by atoms with Crippen LogP contribution in [0.3, 0.4) is 0 Å². The average Bonchev–Trinajstić information content (AvgIpc) is 3.03. The van der Waals surface area contributed by atoms with Gasteiger partial charge < -0.3 is 10.1 Å². The Kier molecular flexibility index (Phi) is 4.65. The summed E-state index contributed by atoms with van der Waals surface area (Å²) in [6.07, 6.45) is 1.54. The largest absolute Gasteiger partial charge is 0.490 e. The summed E-state index contributed by atoms with van der Waals surface area (Å²) in [5.74, 6) is 0.714. The van der Waals surface area contributed by atoms with E-state index in [1.165, 1.54) is 9.87 Å². The minimum Gasteiger partial charge on any atom is -0.490 e. The van der Waals surface area contributed by atoms with Gasteiger partial charge in [-0.05, 0) is 55.7 Å². The second kappa shape index (κ2) is 6.98. The Morgan fingerprint density at radius 3 is 2.48 bits per heavy atom. The molecule has 0 atom stereocenters. The SMILES string of the molecule is Cc1ccc(OC2CCN(S(=O)(=O)c3ccc4c(c3)CC(=O)N4)CC2)cc1. The molecule has 4 rings (SSSR count). The number of hydrogen-bond donors (Lipinski definition) is 1. The molecule has 7 heteroatoms. The van der Waals surface area contributed by atoms with Crippen LogP contribution >= 0.6 is 0 Å². The van der Waals surface area contributed by atoms with Crippen LogP contribution in [0.1, 0.15) is 24.0 Å². The predicted octanol–water partition coefficient (Wildman–Crippen LogP) is 2.72. The Bertz CT molecular complexity index is 962. The highest BCUT2D eigenvalue weighted by molar-refractivity contribution is 7.89. The summed E-state index contributed by atoms with van der Waals surface area (Å²) in [5.41, 5.74) is 2.61. The van der Waals surface area contributed by atoms with Gasteiger partial charge in [0.25, 0.3) is 0 Å². The lowest BCUT2D eigenvalue weighted by Gasteiger charge is -2.31. The summed E-state index contributed by atoms with van der Waals surface area (Å²) in [5, 5.41) is 2.72. The van der Waals surface area contributed by atoms with Crippen LogP contribution in [-0.2, 0) is 21.2 Å². The molecule has 2 aliphatic heterocycles. The lowest BCUT2D eigenvalue weighted by atomic mass is 10.1. The minimum absolute atomic E-state index is 0.0148. The summed E-state index contributed by atoms with van der Waals surface area (Å²) in [7, 11) is -3.56. The molecule has 0 bridgehead atoms. The maximum absolute atomic E-state index is 13.0. The van der Waals surface area contributed by atoms with E-state index in [0.29, 0.717) is 31.6 Å². The average molecular weight is 386 g/mol. The number of carbonyl (C=O) groups excluding carboxylic acids is 1. The van der Waals surface area contributed by atoms with Crippen molar-refractivity contribution in [3.8, 4) is 5.75 Å². The zero-order chi connectivity index (χ0) is 19.0. The van der Waals surface area contributed by atoms with E-state index in [4.69, 9.17) is 4.74 Å². The molecule has 27 heavy (non-hydrogen) atoms. The quantitative estimate of drug-likeness (QED) is 0.877. The third-order valence-corrected chi connectivity index (χ3v) is 6.96. The molecule has 0 aliphatic carbocycles. The zero-order valence-corrected chi connectivity index (χ0v) is 16.0. The van der Waals surface area contributed by atoms with Crippen LogP contribution in [0.5, 0.6) is 5.75 Å². The highest BCUT2D eigenvalue weighted by Gasteiger charge is 2.31. The molecule has 2 aromatic carbocycles. The highest BCUT2D eigenvalue weighted by Crippen LogP contribution is 2.29. The summed E-state index contributed by atoms with van der Waals surface area (Å²) in [6.45, 7) is 2.87. The summed E-state index contributed by atoms with van der Waals surface area (Å²) < 4.78 is 33.4. The van der Waals surface area contributed by atoms with E-state index in [9.17, 15) is 13.2 Å². The molecule has 142 valence electrons. The van der Waals surface area contributed by atoms with Gasteiger partial charge in [0.1, 0.15) is 11.9 Å². The minimum atomic E-state index is -3.56. The first kappa shape index (κ1) is 18.0. The molecule has 1 fully saturated rings. The van der Waals surface area contributed by atoms with Crippen molar-refractivity contribution in [2.45, 2.75) is 37.2 Å². The lowest BCUT2D eigenvalue weighted by Crippen LogP contribution is -2.41. The molecule has 6 nitrogen and oxygen atoms in total. The smallest absolute Gasteiger partial charge is 0.243 e. The van der Waals surface area contributed by atoms with Crippen molar-refractivity contribution in [3.05, 3.63) is 53.6 Å². The number of nitrogens with one attached hydrogen (secondary N) is 1. The highest BCUT2D eigenvalue weighted by atomic mass is 32.2. The Labute approximate surface area is 159 Å². The molecule has 0 radical (unpaired) electrons. The number of nitrogens with zero attached hydrogens (tertiary/aromatic N) is 1. The Morgan fingerprint density at radius 2 is 1.78 bits per heavy atom. The van der Waals surface area contributed by atoms with Crippen molar-refractivity contribution in [1.29, 1.82) is 0 Å². The van der Waals surface area contributed by atoms with Gasteiger partial charge in [-0.15, -0.1) is 0 Å². The Hall–Kier alpha value is -2.38. The van der Waals surface area contributed by atoms with E-state index in [1.54, 1.807) is 18.2 Å². The zero-order valence-electron chi connectivity index (χ0n) is 15.1. The predicted molar refractivity (Wildman–Crippen MR) is 102 cm³/mol. The van der Waals surface area contributed by atoms with Crippen LogP contribution in [-0.4, -0.2) is 37.8 Å². The number of rotatable bonds is 4. The van der Waals surface area contributed by atoms with Crippen LogP contribution in [0.15, 0.2) is 47.4 Å². The molecular weight excluding hydrogens is 364 g/mol. The van der Waals surface area contributed by atoms with Gasteiger partial charge in [-0.1, -0.05) is 17.7 Å². The van der Waals surface area contributed by atoms with E-state index in [2.05, 4.69) is 5.32 Å². The fourth-order valence-electron chi connectivity index (χ4n) is 3.51. The van der Waals surface area contributed by atoms with Gasteiger partial charge in [0.2, 0.25) is 15.9 Å². The molecule has 0 spiro atoms. The third-order valence-electron chi connectivity index (χ3n) is 5.06. The number of amides is 1. The fraction of sp³-hybridized carbons (Fsp3) is 0.350. The molecule has 2 aliphatic rings. The fourth-order valence-corrected chi connectivity index (χ4v) is 5.04. The summed E-state index contributed by atoms with van der Waals surface area (Å²) >= 11 is 0. The number of hydrogen-bond acceptors (Lipinski definition) is 4. The number of sulfonamides is 1. The van der Waals surface area contributed by atoms with Gasteiger partial charge >= 0.3 is 0 Å². The number of aryl methyl sites for hydroxylation is 1. The third kappa shape index (κ3) is 3.70. The maximum Gasteiger partial charge on any atom is 0.243 e. The van der Waals surface area contributed by atoms with Crippen molar-refractivity contribution in [2.24, 2.45) is 0 Å². The van der Waals surface area contributed by atoms with E-state index in [0.717, 1.165) is 11.3 Å². The first-order valence-corrected chi connectivity index (χ1v) is 10.5. The van der Waals surface area contributed by atoms with Gasteiger partial charge in [-0.25, -0.2) is 8.42 Å². The number of carbonyl (C=O) groups is 1. The topological polar surface area (TPSA) is 75.7 Å². The van der Waals surface area contributed by atoms with Crippen molar-refractivity contribution in [3.63, 3.8) is 0 Å². The van der Waals surface area contributed by atoms with Crippen LogP contribution in [0.25, 0.3) is 0 Å². The van der Waals surface area contributed by atoms with Crippen LogP contribution in [0.4, 0.5) is 5.69 Å².